The molecule has 1 unspecified atom stereocenters. The lowest BCUT2D eigenvalue weighted by Gasteiger charge is -2.35. The minimum Gasteiger partial charge on any atom is -0.464 e. The van der Waals surface area contributed by atoms with E-state index in [9.17, 15) is 0 Å². The van der Waals surface area contributed by atoms with Crippen molar-refractivity contribution in [1.82, 2.24) is 19.8 Å². The molecule has 6 nitrogen and oxygen atoms in total. The second-order valence-electron chi connectivity index (χ2n) is 6.65. The van der Waals surface area contributed by atoms with E-state index in [2.05, 4.69) is 26.5 Å². The third-order valence-corrected chi connectivity index (χ3v) is 5.60. The molecule has 5 heterocycles. The number of piperidine rings is 1. The van der Waals surface area contributed by atoms with Gasteiger partial charge < -0.3 is 9.32 Å². The van der Waals surface area contributed by atoms with Gasteiger partial charge >= 0.3 is 0 Å². The maximum atomic E-state index is 5.93. The number of nitrogens with zero attached hydrogens (tertiary/aromatic N) is 5. The van der Waals surface area contributed by atoms with Crippen LogP contribution in [0.1, 0.15) is 36.8 Å². The second-order valence-corrected chi connectivity index (χ2v) is 7.43. The van der Waals surface area contributed by atoms with E-state index in [-0.39, 0.29) is 6.04 Å². The van der Waals surface area contributed by atoms with Crippen molar-refractivity contribution in [1.29, 1.82) is 0 Å². The molecule has 0 amide bonds. The SMILES string of the molecule is Cc1ccc(C2CCCCN2c2ccc3nnc(-c4ccsc4)n3n2)o1. The summed E-state index contributed by atoms with van der Waals surface area (Å²) in [6, 6.07) is 10.4. The Kier molecular flexibility index (Phi) is 3.74. The molecule has 0 saturated carbocycles. The predicted molar refractivity (Wildman–Crippen MR) is 101 cm³/mol. The van der Waals surface area contributed by atoms with Crippen LogP contribution in [0.15, 0.2) is 45.5 Å². The van der Waals surface area contributed by atoms with Gasteiger partial charge in [-0.1, -0.05) is 0 Å². The van der Waals surface area contributed by atoms with Crippen LogP contribution in [-0.4, -0.2) is 26.4 Å². The first-order valence-electron chi connectivity index (χ1n) is 8.87. The summed E-state index contributed by atoms with van der Waals surface area (Å²) in [7, 11) is 0. The van der Waals surface area contributed by atoms with E-state index in [4.69, 9.17) is 9.52 Å². The minimum absolute atomic E-state index is 0.225. The molecule has 0 aliphatic carbocycles. The number of anilines is 1. The van der Waals surface area contributed by atoms with Crippen LogP contribution in [0.5, 0.6) is 0 Å². The number of aromatic nitrogens is 4. The Balaban J connectivity index is 1.57. The zero-order chi connectivity index (χ0) is 17.5. The van der Waals surface area contributed by atoms with E-state index >= 15 is 0 Å². The molecule has 0 N–H and O–H groups in total. The number of rotatable bonds is 3. The molecule has 26 heavy (non-hydrogen) atoms. The van der Waals surface area contributed by atoms with Crippen LogP contribution in [0.3, 0.4) is 0 Å². The summed E-state index contributed by atoms with van der Waals surface area (Å²) in [5.74, 6) is 3.69. The molecular weight excluding hydrogens is 346 g/mol. The standard InChI is InChI=1S/C19H19N5OS/c1-13-5-6-16(25-13)15-4-2-3-10-23(15)18-8-7-17-20-21-19(24(17)22-18)14-9-11-26-12-14/h5-9,11-12,15H,2-4,10H2,1H3. The van der Waals surface area contributed by atoms with E-state index in [1.54, 1.807) is 11.3 Å². The number of thiophene rings is 1. The summed E-state index contributed by atoms with van der Waals surface area (Å²) < 4.78 is 7.77. The fourth-order valence-electron chi connectivity index (χ4n) is 3.64. The third kappa shape index (κ3) is 2.59. The molecule has 1 atom stereocenters. The highest BCUT2D eigenvalue weighted by Crippen LogP contribution is 2.35. The third-order valence-electron chi connectivity index (χ3n) is 4.91. The highest BCUT2D eigenvalue weighted by atomic mass is 32.1. The van der Waals surface area contributed by atoms with Gasteiger partial charge in [0.15, 0.2) is 11.5 Å². The van der Waals surface area contributed by atoms with E-state index < -0.39 is 0 Å². The fourth-order valence-corrected chi connectivity index (χ4v) is 4.27. The second kappa shape index (κ2) is 6.25. The topological polar surface area (TPSA) is 59.5 Å². The molecular formula is C19H19N5OS. The number of fused-ring (bicyclic) bond motifs is 1. The molecule has 0 radical (unpaired) electrons. The van der Waals surface area contributed by atoms with Crippen LogP contribution in [0.4, 0.5) is 5.82 Å². The lowest BCUT2D eigenvalue weighted by Crippen LogP contribution is -2.34. The predicted octanol–water partition coefficient (Wildman–Crippen LogP) is 4.49. The van der Waals surface area contributed by atoms with Gasteiger partial charge in [-0.2, -0.15) is 15.9 Å². The van der Waals surface area contributed by atoms with Crippen LogP contribution in [0.25, 0.3) is 17.0 Å². The molecule has 4 aromatic rings. The molecule has 5 rings (SSSR count). The van der Waals surface area contributed by atoms with Crippen LogP contribution >= 0.6 is 11.3 Å². The zero-order valence-corrected chi connectivity index (χ0v) is 15.3. The number of furan rings is 1. The summed E-state index contributed by atoms with van der Waals surface area (Å²) in [4.78, 5) is 2.35. The molecule has 7 heteroatoms. The first-order chi connectivity index (χ1) is 12.8. The van der Waals surface area contributed by atoms with Crippen LogP contribution in [-0.2, 0) is 0 Å². The Morgan fingerprint density at radius 3 is 2.88 bits per heavy atom. The molecule has 1 fully saturated rings. The van der Waals surface area contributed by atoms with Gasteiger partial charge in [0.05, 0.1) is 6.04 Å². The Hall–Kier alpha value is -2.67. The van der Waals surface area contributed by atoms with E-state index in [0.29, 0.717) is 0 Å². The van der Waals surface area contributed by atoms with Crippen molar-refractivity contribution in [3.63, 3.8) is 0 Å². The van der Waals surface area contributed by atoms with Gasteiger partial charge in [0.2, 0.25) is 0 Å². The maximum absolute atomic E-state index is 5.93. The van der Waals surface area contributed by atoms with Crippen molar-refractivity contribution in [2.45, 2.75) is 32.2 Å². The van der Waals surface area contributed by atoms with Crippen molar-refractivity contribution in [2.24, 2.45) is 0 Å². The van der Waals surface area contributed by atoms with Crippen molar-refractivity contribution < 1.29 is 4.42 Å². The van der Waals surface area contributed by atoms with Crippen LogP contribution in [0.2, 0.25) is 0 Å². The molecule has 0 spiro atoms. The van der Waals surface area contributed by atoms with E-state index in [0.717, 1.165) is 53.8 Å². The number of hydrogen-bond acceptors (Lipinski definition) is 6. The first-order valence-corrected chi connectivity index (χ1v) is 9.82. The van der Waals surface area contributed by atoms with Gasteiger partial charge in [0, 0.05) is 17.5 Å². The summed E-state index contributed by atoms with van der Waals surface area (Å²) in [6.45, 7) is 2.96. The van der Waals surface area contributed by atoms with Crippen LogP contribution in [0, 0.1) is 6.92 Å². The highest BCUT2D eigenvalue weighted by Gasteiger charge is 2.28. The van der Waals surface area contributed by atoms with Gasteiger partial charge in [-0.15, -0.1) is 15.3 Å². The van der Waals surface area contributed by atoms with Crippen molar-refractivity contribution in [3.05, 3.63) is 52.6 Å². The molecule has 1 aliphatic rings. The van der Waals surface area contributed by atoms with Crippen molar-refractivity contribution >= 4 is 22.8 Å². The van der Waals surface area contributed by atoms with Crippen molar-refractivity contribution in [3.8, 4) is 11.4 Å². The monoisotopic (exact) mass is 365 g/mol. The highest BCUT2D eigenvalue weighted by molar-refractivity contribution is 7.08. The summed E-state index contributed by atoms with van der Waals surface area (Å²) in [6.07, 6.45) is 3.44. The zero-order valence-electron chi connectivity index (χ0n) is 14.5. The van der Waals surface area contributed by atoms with Crippen molar-refractivity contribution in [2.75, 3.05) is 11.4 Å². The Bertz CT molecular complexity index is 1040. The number of aryl methyl sites for hydroxylation is 1. The van der Waals surface area contributed by atoms with Gasteiger partial charge in [0.25, 0.3) is 0 Å². The molecule has 1 aliphatic heterocycles. The largest absolute Gasteiger partial charge is 0.464 e. The lowest BCUT2D eigenvalue weighted by molar-refractivity contribution is 0.380. The number of hydrogen-bond donors (Lipinski definition) is 0. The quantitative estimate of drug-likeness (QED) is 0.535. The Morgan fingerprint density at radius 2 is 2.08 bits per heavy atom. The Labute approximate surface area is 155 Å². The lowest BCUT2D eigenvalue weighted by atomic mass is 10.00. The van der Waals surface area contributed by atoms with Crippen LogP contribution < -0.4 is 4.90 Å². The molecule has 4 aromatic heterocycles. The van der Waals surface area contributed by atoms with E-state index in [1.165, 1.54) is 6.42 Å². The molecule has 1 saturated heterocycles. The maximum Gasteiger partial charge on any atom is 0.186 e. The summed E-state index contributed by atoms with van der Waals surface area (Å²) in [5, 5.41) is 17.6. The average molecular weight is 365 g/mol. The summed E-state index contributed by atoms with van der Waals surface area (Å²) in [5.41, 5.74) is 1.81. The van der Waals surface area contributed by atoms with Gasteiger partial charge in [-0.05, 0) is 61.9 Å². The smallest absolute Gasteiger partial charge is 0.186 e. The van der Waals surface area contributed by atoms with E-state index in [1.807, 2.05) is 41.1 Å². The summed E-state index contributed by atoms with van der Waals surface area (Å²) >= 11 is 1.65. The first kappa shape index (κ1) is 15.6. The van der Waals surface area contributed by atoms with Gasteiger partial charge in [0.1, 0.15) is 17.3 Å². The fraction of sp³-hybridized carbons (Fsp3) is 0.316. The molecule has 132 valence electrons. The average Bonchev–Trinajstić information content (AvgIpc) is 3.41. The Morgan fingerprint density at radius 1 is 1.12 bits per heavy atom. The van der Waals surface area contributed by atoms with Gasteiger partial charge in [-0.3, -0.25) is 0 Å². The van der Waals surface area contributed by atoms with Gasteiger partial charge in [-0.25, -0.2) is 0 Å². The molecule has 0 bridgehead atoms. The normalized spacial score (nSPS) is 17.9. The molecule has 0 aromatic carbocycles. The minimum atomic E-state index is 0.225.